The number of benzene rings is 1. The Labute approximate surface area is 156 Å². The Bertz CT molecular complexity index is 958. The number of halogens is 2. The van der Waals surface area contributed by atoms with Crippen molar-refractivity contribution in [1.29, 1.82) is 0 Å². The number of carbonyl (C=O) groups is 1. The summed E-state index contributed by atoms with van der Waals surface area (Å²) in [4.78, 5) is 15.8. The number of piperidine rings is 1. The van der Waals surface area contributed by atoms with Crippen LogP contribution in [0.15, 0.2) is 41.4 Å². The van der Waals surface area contributed by atoms with E-state index in [9.17, 15) is 22.0 Å². The first-order valence-electron chi connectivity index (χ1n) is 8.46. The van der Waals surface area contributed by atoms with Crippen molar-refractivity contribution in [2.45, 2.75) is 24.7 Å². The Morgan fingerprint density at radius 1 is 1.19 bits per heavy atom. The predicted octanol–water partition coefficient (Wildman–Crippen LogP) is 2.71. The molecule has 27 heavy (non-hydrogen) atoms. The Morgan fingerprint density at radius 3 is 2.56 bits per heavy atom. The van der Waals surface area contributed by atoms with E-state index in [-0.39, 0.29) is 37.8 Å². The maximum atomic E-state index is 13.9. The van der Waals surface area contributed by atoms with Gasteiger partial charge in [-0.1, -0.05) is 0 Å². The monoisotopic (exact) mass is 395 g/mol. The predicted molar refractivity (Wildman–Crippen MR) is 95.4 cm³/mol. The number of nitrogens with zero attached hydrogens (tertiary/aromatic N) is 2. The Hall–Kier alpha value is -2.39. The van der Waals surface area contributed by atoms with Gasteiger partial charge in [0.2, 0.25) is 15.9 Å². The number of sulfonamides is 1. The number of carbonyl (C=O) groups excluding carboxylic acids is 1. The highest BCUT2D eigenvalue weighted by Gasteiger charge is 2.33. The summed E-state index contributed by atoms with van der Waals surface area (Å²) in [6, 6.07) is 5.88. The smallest absolute Gasteiger partial charge is 0.246 e. The van der Waals surface area contributed by atoms with Crippen molar-refractivity contribution in [3.05, 3.63) is 53.7 Å². The molecule has 1 aliphatic heterocycles. The van der Waals surface area contributed by atoms with Gasteiger partial charge in [-0.2, -0.15) is 4.31 Å². The van der Waals surface area contributed by atoms with Crippen LogP contribution < -0.4 is 5.32 Å². The molecule has 144 valence electrons. The summed E-state index contributed by atoms with van der Waals surface area (Å²) < 4.78 is 53.4. The van der Waals surface area contributed by atoms with E-state index in [1.54, 1.807) is 12.3 Å². The van der Waals surface area contributed by atoms with Gasteiger partial charge in [-0.25, -0.2) is 22.2 Å². The molecule has 0 unspecified atom stereocenters. The summed E-state index contributed by atoms with van der Waals surface area (Å²) >= 11 is 0. The van der Waals surface area contributed by atoms with Crippen molar-refractivity contribution in [3.63, 3.8) is 0 Å². The molecule has 3 rings (SSSR count). The van der Waals surface area contributed by atoms with Crippen LogP contribution in [0.25, 0.3) is 0 Å². The topological polar surface area (TPSA) is 79.4 Å². The van der Waals surface area contributed by atoms with Crippen molar-refractivity contribution in [3.8, 4) is 0 Å². The molecule has 1 amide bonds. The maximum Gasteiger partial charge on any atom is 0.246 e. The van der Waals surface area contributed by atoms with E-state index < -0.39 is 26.6 Å². The molecule has 1 fully saturated rings. The third kappa shape index (κ3) is 4.30. The molecule has 2 aromatic rings. The summed E-state index contributed by atoms with van der Waals surface area (Å²) in [6.45, 7) is 1.99. The van der Waals surface area contributed by atoms with Gasteiger partial charge in [0.15, 0.2) is 0 Å². The molecular weight excluding hydrogens is 376 g/mol. The van der Waals surface area contributed by atoms with E-state index in [2.05, 4.69) is 10.3 Å². The highest BCUT2D eigenvalue weighted by molar-refractivity contribution is 7.89. The van der Waals surface area contributed by atoms with Gasteiger partial charge < -0.3 is 5.32 Å². The fourth-order valence-corrected chi connectivity index (χ4v) is 4.55. The molecule has 1 N–H and O–H groups in total. The number of aromatic nitrogens is 1. The summed E-state index contributed by atoms with van der Waals surface area (Å²) in [5, 5.41) is 2.73. The molecule has 0 aliphatic carbocycles. The van der Waals surface area contributed by atoms with E-state index in [1.165, 1.54) is 0 Å². The van der Waals surface area contributed by atoms with Gasteiger partial charge in [-0.15, -0.1) is 0 Å². The molecular formula is C18H19F2N3O3S. The molecule has 1 aromatic carbocycles. The largest absolute Gasteiger partial charge is 0.310 e. The molecule has 0 radical (unpaired) electrons. The normalized spacial score (nSPS) is 16.3. The van der Waals surface area contributed by atoms with E-state index in [0.717, 1.165) is 22.0 Å². The lowest BCUT2D eigenvalue weighted by atomic mass is 9.97. The van der Waals surface area contributed by atoms with E-state index in [1.807, 2.05) is 13.0 Å². The van der Waals surface area contributed by atoms with Gasteiger partial charge in [0.1, 0.15) is 22.3 Å². The zero-order valence-corrected chi connectivity index (χ0v) is 15.5. The summed E-state index contributed by atoms with van der Waals surface area (Å²) in [6.07, 6.45) is 2.16. The summed E-state index contributed by atoms with van der Waals surface area (Å²) in [5.74, 6) is -1.99. The van der Waals surface area contributed by atoms with Gasteiger partial charge in [-0.05, 0) is 55.7 Å². The third-order valence-electron chi connectivity index (χ3n) is 4.50. The van der Waals surface area contributed by atoms with Crippen molar-refractivity contribution in [2.75, 3.05) is 18.4 Å². The number of aryl methyl sites for hydroxylation is 1. The van der Waals surface area contributed by atoms with Gasteiger partial charge in [0.25, 0.3) is 0 Å². The van der Waals surface area contributed by atoms with Crippen LogP contribution in [0.1, 0.15) is 18.4 Å². The van der Waals surface area contributed by atoms with Crippen LogP contribution >= 0.6 is 0 Å². The number of hydrogen-bond donors (Lipinski definition) is 1. The lowest BCUT2D eigenvalue weighted by molar-refractivity contribution is -0.120. The number of pyridine rings is 1. The Balaban J connectivity index is 1.66. The second kappa shape index (κ2) is 7.69. The standard InChI is InChI=1S/C18H19F2N3O3S/c1-12-4-7-21-17(10-12)22-18(24)13-5-8-23(9-6-13)27(25,26)16-11-14(19)2-3-15(16)20/h2-4,7,10-11,13H,5-6,8-9H2,1H3,(H,21,22,24). The number of hydrogen-bond acceptors (Lipinski definition) is 4. The molecule has 1 aromatic heterocycles. The molecule has 1 saturated heterocycles. The zero-order valence-electron chi connectivity index (χ0n) is 14.7. The lowest BCUT2D eigenvalue weighted by Gasteiger charge is -2.30. The second-order valence-electron chi connectivity index (χ2n) is 6.46. The summed E-state index contributed by atoms with van der Waals surface area (Å²) in [5.41, 5.74) is 0.957. The zero-order chi connectivity index (χ0) is 19.6. The molecule has 0 saturated carbocycles. The van der Waals surface area contributed by atoms with Gasteiger partial charge >= 0.3 is 0 Å². The fourth-order valence-electron chi connectivity index (χ4n) is 3.01. The average Bonchev–Trinajstić information content (AvgIpc) is 2.63. The summed E-state index contributed by atoms with van der Waals surface area (Å²) in [7, 11) is -4.15. The van der Waals surface area contributed by atoms with Crippen LogP contribution in [0.5, 0.6) is 0 Å². The van der Waals surface area contributed by atoms with Crippen molar-refractivity contribution in [1.82, 2.24) is 9.29 Å². The SMILES string of the molecule is Cc1ccnc(NC(=O)C2CCN(S(=O)(=O)c3cc(F)ccc3F)CC2)c1. The molecule has 0 spiro atoms. The maximum absolute atomic E-state index is 13.9. The van der Waals surface area contributed by atoms with Crippen LogP contribution in [-0.4, -0.2) is 36.7 Å². The minimum absolute atomic E-state index is 0.0532. The van der Waals surface area contributed by atoms with Crippen LogP contribution in [0.3, 0.4) is 0 Å². The molecule has 0 atom stereocenters. The lowest BCUT2D eigenvalue weighted by Crippen LogP contribution is -2.41. The highest BCUT2D eigenvalue weighted by atomic mass is 32.2. The first-order valence-corrected chi connectivity index (χ1v) is 9.90. The molecule has 2 heterocycles. The Kier molecular flexibility index (Phi) is 5.52. The number of amides is 1. The van der Waals surface area contributed by atoms with Crippen LogP contribution in [0, 0.1) is 24.5 Å². The molecule has 1 aliphatic rings. The van der Waals surface area contributed by atoms with Crippen LogP contribution in [-0.2, 0) is 14.8 Å². The van der Waals surface area contributed by atoms with Crippen molar-refractivity contribution >= 4 is 21.7 Å². The third-order valence-corrected chi connectivity index (χ3v) is 6.42. The quantitative estimate of drug-likeness (QED) is 0.863. The molecule has 6 nitrogen and oxygen atoms in total. The minimum Gasteiger partial charge on any atom is -0.310 e. The fraction of sp³-hybridized carbons (Fsp3) is 0.333. The number of anilines is 1. The number of rotatable bonds is 4. The second-order valence-corrected chi connectivity index (χ2v) is 8.37. The van der Waals surface area contributed by atoms with Gasteiger partial charge in [0, 0.05) is 25.2 Å². The minimum atomic E-state index is -4.15. The Morgan fingerprint density at radius 2 is 1.89 bits per heavy atom. The van der Waals surface area contributed by atoms with E-state index >= 15 is 0 Å². The van der Waals surface area contributed by atoms with Crippen molar-refractivity contribution in [2.24, 2.45) is 5.92 Å². The molecule has 9 heteroatoms. The van der Waals surface area contributed by atoms with Crippen molar-refractivity contribution < 1.29 is 22.0 Å². The first kappa shape index (κ1) is 19.4. The first-order chi connectivity index (χ1) is 12.8. The van der Waals surface area contributed by atoms with Gasteiger partial charge in [0.05, 0.1) is 0 Å². The molecule has 0 bridgehead atoms. The van der Waals surface area contributed by atoms with E-state index in [4.69, 9.17) is 0 Å². The van der Waals surface area contributed by atoms with Crippen LogP contribution in [0.4, 0.5) is 14.6 Å². The number of nitrogens with one attached hydrogen (secondary N) is 1. The van der Waals surface area contributed by atoms with Gasteiger partial charge in [-0.3, -0.25) is 4.79 Å². The highest BCUT2D eigenvalue weighted by Crippen LogP contribution is 2.26. The van der Waals surface area contributed by atoms with Crippen LogP contribution in [0.2, 0.25) is 0 Å². The van der Waals surface area contributed by atoms with E-state index in [0.29, 0.717) is 11.9 Å². The average molecular weight is 395 g/mol.